The maximum atomic E-state index is 5.61. The van der Waals surface area contributed by atoms with Crippen LogP contribution in [0, 0.1) is 6.92 Å². The standard InChI is InChI=1S/C19H25NO3/c1-15-17(9-10-18(21-2)19(15)22-3)11-12-20-14-23-13-16-7-5-4-6-8-16/h4-10,20H,11-14H2,1-3H3. The predicted molar refractivity (Wildman–Crippen MR) is 92.1 cm³/mol. The molecule has 1 N–H and O–H groups in total. The molecule has 2 aromatic carbocycles. The third-order valence-electron chi connectivity index (χ3n) is 3.79. The van der Waals surface area contributed by atoms with E-state index in [4.69, 9.17) is 14.2 Å². The van der Waals surface area contributed by atoms with E-state index in [1.54, 1.807) is 14.2 Å². The fraction of sp³-hybridized carbons (Fsp3) is 0.368. The van der Waals surface area contributed by atoms with E-state index >= 15 is 0 Å². The van der Waals surface area contributed by atoms with Crippen molar-refractivity contribution < 1.29 is 14.2 Å². The number of ether oxygens (including phenoxy) is 3. The molecule has 0 saturated heterocycles. The van der Waals surface area contributed by atoms with Crippen LogP contribution in [-0.4, -0.2) is 27.5 Å². The fourth-order valence-electron chi connectivity index (χ4n) is 2.50. The lowest BCUT2D eigenvalue weighted by atomic mass is 10.0. The van der Waals surface area contributed by atoms with Gasteiger partial charge in [0.2, 0.25) is 0 Å². The fourth-order valence-corrected chi connectivity index (χ4v) is 2.50. The molecule has 0 aliphatic heterocycles. The predicted octanol–water partition coefficient (Wildman–Crippen LogP) is 3.32. The van der Waals surface area contributed by atoms with E-state index < -0.39 is 0 Å². The normalized spacial score (nSPS) is 10.6. The Morgan fingerprint density at radius 2 is 1.74 bits per heavy atom. The summed E-state index contributed by atoms with van der Waals surface area (Å²) in [5.74, 6) is 1.58. The molecule has 0 saturated carbocycles. The second-order valence-electron chi connectivity index (χ2n) is 5.31. The van der Waals surface area contributed by atoms with E-state index in [1.807, 2.05) is 24.3 Å². The monoisotopic (exact) mass is 315 g/mol. The summed E-state index contributed by atoms with van der Waals surface area (Å²) in [5, 5.41) is 3.30. The van der Waals surface area contributed by atoms with Crippen LogP contribution in [0.2, 0.25) is 0 Å². The summed E-state index contributed by atoms with van der Waals surface area (Å²) in [5.41, 5.74) is 3.56. The SMILES string of the molecule is COc1ccc(CCNCOCc2ccccc2)c(C)c1OC. The number of methoxy groups -OCH3 is 2. The van der Waals surface area contributed by atoms with E-state index in [0.29, 0.717) is 13.3 Å². The molecule has 4 heteroatoms. The molecule has 0 bridgehead atoms. The van der Waals surface area contributed by atoms with Gasteiger partial charge in [-0.1, -0.05) is 36.4 Å². The van der Waals surface area contributed by atoms with Crippen LogP contribution in [0.1, 0.15) is 16.7 Å². The van der Waals surface area contributed by atoms with Gasteiger partial charge < -0.3 is 14.2 Å². The van der Waals surface area contributed by atoms with E-state index in [2.05, 4.69) is 30.4 Å². The van der Waals surface area contributed by atoms with Crippen molar-refractivity contribution in [3.8, 4) is 11.5 Å². The number of nitrogens with one attached hydrogen (secondary N) is 1. The van der Waals surface area contributed by atoms with Gasteiger partial charge in [-0.25, -0.2) is 0 Å². The van der Waals surface area contributed by atoms with Gasteiger partial charge in [-0.3, -0.25) is 5.32 Å². The molecule has 0 aliphatic rings. The number of hydrogen-bond acceptors (Lipinski definition) is 4. The van der Waals surface area contributed by atoms with Crippen LogP contribution >= 0.6 is 0 Å². The van der Waals surface area contributed by atoms with Crippen molar-refractivity contribution in [2.75, 3.05) is 27.5 Å². The average Bonchev–Trinajstić information content (AvgIpc) is 2.59. The molecule has 124 valence electrons. The molecule has 0 atom stereocenters. The van der Waals surface area contributed by atoms with Gasteiger partial charge in [-0.2, -0.15) is 0 Å². The first-order chi connectivity index (χ1) is 11.3. The molecule has 0 fully saturated rings. The maximum Gasteiger partial charge on any atom is 0.163 e. The average molecular weight is 315 g/mol. The quantitative estimate of drug-likeness (QED) is 0.569. The first kappa shape index (κ1) is 17.3. The molecular weight excluding hydrogens is 290 g/mol. The zero-order valence-corrected chi connectivity index (χ0v) is 14.1. The van der Waals surface area contributed by atoms with Crippen LogP contribution in [-0.2, 0) is 17.8 Å². The van der Waals surface area contributed by atoms with Gasteiger partial charge >= 0.3 is 0 Å². The van der Waals surface area contributed by atoms with Gasteiger partial charge in [0, 0.05) is 6.54 Å². The Balaban J connectivity index is 1.74. The van der Waals surface area contributed by atoms with Crippen LogP contribution in [0.4, 0.5) is 0 Å². The highest BCUT2D eigenvalue weighted by Gasteiger charge is 2.10. The molecule has 2 rings (SSSR count). The lowest BCUT2D eigenvalue weighted by Gasteiger charge is -2.14. The summed E-state index contributed by atoms with van der Waals surface area (Å²) in [6.45, 7) is 4.08. The summed E-state index contributed by atoms with van der Waals surface area (Å²) < 4.78 is 16.4. The zero-order valence-electron chi connectivity index (χ0n) is 14.1. The second kappa shape index (κ2) is 9.18. The van der Waals surface area contributed by atoms with Gasteiger partial charge in [0.25, 0.3) is 0 Å². The Morgan fingerprint density at radius 1 is 0.957 bits per heavy atom. The molecule has 23 heavy (non-hydrogen) atoms. The van der Waals surface area contributed by atoms with Crippen LogP contribution < -0.4 is 14.8 Å². The van der Waals surface area contributed by atoms with Crippen molar-refractivity contribution in [3.63, 3.8) is 0 Å². The first-order valence-corrected chi connectivity index (χ1v) is 7.79. The summed E-state index contributed by atoms with van der Waals surface area (Å²) >= 11 is 0. The summed E-state index contributed by atoms with van der Waals surface area (Å²) in [6.07, 6.45) is 0.918. The van der Waals surface area contributed by atoms with Crippen molar-refractivity contribution in [1.82, 2.24) is 5.32 Å². The van der Waals surface area contributed by atoms with Crippen molar-refractivity contribution in [3.05, 3.63) is 59.2 Å². The van der Waals surface area contributed by atoms with Crippen molar-refractivity contribution >= 4 is 0 Å². The number of hydrogen-bond donors (Lipinski definition) is 1. The molecule has 0 amide bonds. The minimum absolute atomic E-state index is 0.543. The van der Waals surface area contributed by atoms with Gasteiger partial charge in [-0.15, -0.1) is 0 Å². The highest BCUT2D eigenvalue weighted by Crippen LogP contribution is 2.32. The van der Waals surface area contributed by atoms with E-state index in [0.717, 1.165) is 30.0 Å². The second-order valence-corrected chi connectivity index (χ2v) is 5.31. The highest BCUT2D eigenvalue weighted by molar-refractivity contribution is 5.50. The smallest absolute Gasteiger partial charge is 0.163 e. The summed E-state index contributed by atoms with van der Waals surface area (Å²) in [6, 6.07) is 14.2. The number of benzene rings is 2. The third-order valence-corrected chi connectivity index (χ3v) is 3.79. The van der Waals surface area contributed by atoms with Gasteiger partial charge in [0.05, 0.1) is 27.6 Å². The van der Waals surface area contributed by atoms with Gasteiger partial charge in [0.15, 0.2) is 11.5 Å². The molecule has 0 heterocycles. The van der Waals surface area contributed by atoms with E-state index in [9.17, 15) is 0 Å². The molecule has 0 aliphatic carbocycles. The molecule has 0 aromatic heterocycles. The molecule has 4 nitrogen and oxygen atoms in total. The van der Waals surface area contributed by atoms with Crippen LogP contribution in [0.3, 0.4) is 0 Å². The minimum atomic E-state index is 0.543. The van der Waals surface area contributed by atoms with Crippen molar-refractivity contribution in [2.45, 2.75) is 20.0 Å². The Morgan fingerprint density at radius 3 is 2.43 bits per heavy atom. The van der Waals surface area contributed by atoms with E-state index in [1.165, 1.54) is 11.1 Å². The van der Waals surface area contributed by atoms with Crippen LogP contribution in [0.5, 0.6) is 11.5 Å². The minimum Gasteiger partial charge on any atom is -0.493 e. The topological polar surface area (TPSA) is 39.7 Å². The van der Waals surface area contributed by atoms with Crippen molar-refractivity contribution in [1.29, 1.82) is 0 Å². The first-order valence-electron chi connectivity index (χ1n) is 7.79. The lowest BCUT2D eigenvalue weighted by molar-refractivity contribution is 0.104. The van der Waals surface area contributed by atoms with Crippen LogP contribution in [0.25, 0.3) is 0 Å². The summed E-state index contributed by atoms with van der Waals surface area (Å²) in [4.78, 5) is 0. The lowest BCUT2D eigenvalue weighted by Crippen LogP contribution is -2.21. The van der Waals surface area contributed by atoms with Gasteiger partial charge in [-0.05, 0) is 36.1 Å². The molecule has 0 spiro atoms. The molecule has 0 unspecified atom stereocenters. The largest absolute Gasteiger partial charge is 0.493 e. The Labute approximate surface area is 138 Å². The highest BCUT2D eigenvalue weighted by atomic mass is 16.5. The Bertz CT molecular complexity index is 599. The van der Waals surface area contributed by atoms with Crippen molar-refractivity contribution in [2.24, 2.45) is 0 Å². The van der Waals surface area contributed by atoms with Crippen LogP contribution in [0.15, 0.2) is 42.5 Å². The van der Waals surface area contributed by atoms with E-state index in [-0.39, 0.29) is 0 Å². The van der Waals surface area contributed by atoms with Gasteiger partial charge in [0.1, 0.15) is 0 Å². The molecule has 0 radical (unpaired) electrons. The zero-order chi connectivity index (χ0) is 16.5. The molecule has 2 aromatic rings. The Hall–Kier alpha value is -2.04. The molecular formula is C19H25NO3. The third kappa shape index (κ3) is 4.98. The maximum absolute atomic E-state index is 5.61. The number of rotatable bonds is 9. The summed E-state index contributed by atoms with van der Waals surface area (Å²) in [7, 11) is 3.33. The Kier molecular flexibility index (Phi) is 6.91.